The molecule has 0 radical (unpaired) electrons. The molecule has 0 aromatic carbocycles. The molecule has 0 bridgehead atoms. The highest BCUT2D eigenvalue weighted by Crippen LogP contribution is 2.35. The van der Waals surface area contributed by atoms with Crippen molar-refractivity contribution in [1.29, 1.82) is 0 Å². The molecule has 18 heavy (non-hydrogen) atoms. The molecule has 1 aliphatic carbocycles. The molecule has 1 fully saturated rings. The monoisotopic (exact) mass is 282 g/mol. The normalized spacial score (nSPS) is 15.8. The maximum Gasteiger partial charge on any atom is 0.405 e. The van der Waals surface area contributed by atoms with E-state index in [4.69, 9.17) is 11.6 Å². The van der Waals surface area contributed by atoms with Crippen LogP contribution in [0, 0.1) is 5.82 Å². The van der Waals surface area contributed by atoms with Gasteiger partial charge in [-0.15, -0.1) is 11.6 Å². The maximum absolute atomic E-state index is 13.0. The summed E-state index contributed by atoms with van der Waals surface area (Å²) in [5, 5.41) is 0. The standard InChI is InChI=1S/C11H11ClF4N2/c12-4-7-3-8(13)5-17-10(7)18(9-1-2-9)6-11(14,15)16/h3,5,9H,1-2,4,6H2. The molecule has 0 atom stereocenters. The third kappa shape index (κ3) is 3.25. The molecule has 2 rings (SSSR count). The average Bonchev–Trinajstić information content (AvgIpc) is 3.08. The molecule has 7 heteroatoms. The van der Waals surface area contributed by atoms with Gasteiger partial charge >= 0.3 is 6.18 Å². The molecule has 100 valence electrons. The molecule has 1 heterocycles. The molecule has 0 amide bonds. The first kappa shape index (κ1) is 13.4. The van der Waals surface area contributed by atoms with E-state index in [0.29, 0.717) is 12.8 Å². The van der Waals surface area contributed by atoms with E-state index in [9.17, 15) is 17.6 Å². The van der Waals surface area contributed by atoms with Crippen molar-refractivity contribution in [1.82, 2.24) is 4.98 Å². The average molecular weight is 283 g/mol. The Morgan fingerprint density at radius 3 is 2.56 bits per heavy atom. The van der Waals surface area contributed by atoms with Crippen LogP contribution in [0.2, 0.25) is 0 Å². The molecule has 1 aromatic rings. The van der Waals surface area contributed by atoms with E-state index in [1.165, 1.54) is 0 Å². The quantitative estimate of drug-likeness (QED) is 0.621. The lowest BCUT2D eigenvalue weighted by atomic mass is 10.2. The zero-order valence-electron chi connectivity index (χ0n) is 9.34. The summed E-state index contributed by atoms with van der Waals surface area (Å²) in [7, 11) is 0. The predicted octanol–water partition coefficient (Wildman–Crippen LogP) is 3.49. The van der Waals surface area contributed by atoms with E-state index in [1.807, 2.05) is 0 Å². The van der Waals surface area contributed by atoms with Gasteiger partial charge in [-0.05, 0) is 18.9 Å². The van der Waals surface area contributed by atoms with E-state index in [2.05, 4.69) is 4.98 Å². The minimum Gasteiger partial charge on any atom is -0.344 e. The maximum atomic E-state index is 13.0. The zero-order chi connectivity index (χ0) is 13.3. The number of aromatic nitrogens is 1. The molecule has 0 spiro atoms. The second kappa shape index (κ2) is 4.91. The van der Waals surface area contributed by atoms with Crippen LogP contribution in [-0.2, 0) is 5.88 Å². The van der Waals surface area contributed by atoms with E-state index >= 15 is 0 Å². The van der Waals surface area contributed by atoms with Gasteiger partial charge in [0.1, 0.15) is 18.2 Å². The van der Waals surface area contributed by atoms with Crippen molar-refractivity contribution in [3.63, 3.8) is 0 Å². The van der Waals surface area contributed by atoms with Gasteiger partial charge in [-0.25, -0.2) is 9.37 Å². The van der Waals surface area contributed by atoms with Gasteiger partial charge in [-0.1, -0.05) is 0 Å². The lowest BCUT2D eigenvalue weighted by Gasteiger charge is -2.26. The SMILES string of the molecule is Fc1cnc(N(CC(F)(F)F)C2CC2)c(CCl)c1. The largest absolute Gasteiger partial charge is 0.405 e. The molecule has 2 nitrogen and oxygen atoms in total. The second-order valence-corrected chi connectivity index (χ2v) is 4.51. The Hall–Kier alpha value is -1.04. The van der Waals surface area contributed by atoms with Crippen LogP contribution in [0.1, 0.15) is 18.4 Å². The van der Waals surface area contributed by atoms with Crippen molar-refractivity contribution in [2.45, 2.75) is 30.9 Å². The van der Waals surface area contributed by atoms with Crippen molar-refractivity contribution in [3.05, 3.63) is 23.6 Å². The first-order chi connectivity index (χ1) is 8.40. The van der Waals surface area contributed by atoms with Crippen LogP contribution in [0.25, 0.3) is 0 Å². The Morgan fingerprint density at radius 2 is 2.06 bits per heavy atom. The van der Waals surface area contributed by atoms with Crippen LogP contribution < -0.4 is 4.90 Å². The predicted molar refractivity (Wildman–Crippen MR) is 60.2 cm³/mol. The van der Waals surface area contributed by atoms with E-state index in [-0.39, 0.29) is 23.3 Å². The van der Waals surface area contributed by atoms with E-state index < -0.39 is 18.5 Å². The van der Waals surface area contributed by atoms with Crippen LogP contribution in [0.15, 0.2) is 12.3 Å². The number of hydrogen-bond donors (Lipinski definition) is 0. The highest BCUT2D eigenvalue weighted by atomic mass is 35.5. The minimum absolute atomic E-state index is 0.0683. The molecule has 1 saturated carbocycles. The Morgan fingerprint density at radius 1 is 1.39 bits per heavy atom. The molecule has 0 saturated heterocycles. The fourth-order valence-corrected chi connectivity index (χ4v) is 1.98. The zero-order valence-corrected chi connectivity index (χ0v) is 10.1. The highest BCUT2D eigenvalue weighted by Gasteiger charge is 2.39. The van der Waals surface area contributed by atoms with Gasteiger partial charge in [0.05, 0.1) is 12.1 Å². The number of hydrogen-bond acceptors (Lipinski definition) is 2. The molecular formula is C11H11ClF4N2. The smallest absolute Gasteiger partial charge is 0.344 e. The summed E-state index contributed by atoms with van der Waals surface area (Å²) < 4.78 is 50.5. The van der Waals surface area contributed by atoms with Crippen molar-refractivity contribution < 1.29 is 17.6 Å². The van der Waals surface area contributed by atoms with Crippen molar-refractivity contribution in [3.8, 4) is 0 Å². The third-order valence-electron chi connectivity index (χ3n) is 2.66. The first-order valence-corrected chi connectivity index (χ1v) is 5.98. The van der Waals surface area contributed by atoms with Crippen LogP contribution in [-0.4, -0.2) is 23.7 Å². The molecule has 0 unspecified atom stereocenters. The summed E-state index contributed by atoms with van der Waals surface area (Å²) in [5.41, 5.74) is 0.285. The van der Waals surface area contributed by atoms with Crippen molar-refractivity contribution in [2.75, 3.05) is 11.4 Å². The summed E-state index contributed by atoms with van der Waals surface area (Å²) in [6.45, 7) is -1.08. The second-order valence-electron chi connectivity index (χ2n) is 4.24. The van der Waals surface area contributed by atoms with Gasteiger partial charge < -0.3 is 4.90 Å². The summed E-state index contributed by atoms with van der Waals surface area (Å²) >= 11 is 5.63. The molecule has 1 aliphatic rings. The number of halogens is 5. The number of rotatable bonds is 4. The lowest BCUT2D eigenvalue weighted by Crippen LogP contribution is -2.37. The molecule has 0 N–H and O–H groups in total. The Balaban J connectivity index is 2.30. The van der Waals surface area contributed by atoms with Crippen LogP contribution in [0.5, 0.6) is 0 Å². The van der Waals surface area contributed by atoms with Gasteiger partial charge in [0.15, 0.2) is 0 Å². The fourth-order valence-electron chi connectivity index (χ4n) is 1.79. The summed E-state index contributed by atoms with van der Waals surface area (Å²) in [6, 6.07) is 0.952. The van der Waals surface area contributed by atoms with Gasteiger partial charge in [-0.3, -0.25) is 0 Å². The number of nitrogens with zero attached hydrogens (tertiary/aromatic N) is 2. The summed E-state index contributed by atoms with van der Waals surface area (Å²) in [4.78, 5) is 4.93. The van der Waals surface area contributed by atoms with Gasteiger partial charge in [0, 0.05) is 11.6 Å². The highest BCUT2D eigenvalue weighted by molar-refractivity contribution is 6.17. The Labute approximate surface area is 107 Å². The molecule has 1 aromatic heterocycles. The van der Waals surface area contributed by atoms with Crippen molar-refractivity contribution in [2.24, 2.45) is 0 Å². The Kier molecular flexibility index (Phi) is 3.66. The van der Waals surface area contributed by atoms with Crippen molar-refractivity contribution >= 4 is 17.4 Å². The number of pyridine rings is 1. The summed E-state index contributed by atoms with van der Waals surface area (Å²) in [5.74, 6) is -0.537. The first-order valence-electron chi connectivity index (χ1n) is 5.44. The van der Waals surface area contributed by atoms with Gasteiger partial charge in [0.25, 0.3) is 0 Å². The number of anilines is 1. The lowest BCUT2D eigenvalue weighted by molar-refractivity contribution is -0.120. The topological polar surface area (TPSA) is 16.1 Å². The van der Waals surface area contributed by atoms with Crippen LogP contribution in [0.3, 0.4) is 0 Å². The fraction of sp³-hybridized carbons (Fsp3) is 0.545. The Bertz CT molecular complexity index is 432. The van der Waals surface area contributed by atoms with Crippen LogP contribution in [0.4, 0.5) is 23.4 Å². The number of alkyl halides is 4. The molecule has 0 aliphatic heterocycles. The summed E-state index contributed by atoms with van der Waals surface area (Å²) in [6.07, 6.45) is -2.02. The minimum atomic E-state index is -4.32. The third-order valence-corrected chi connectivity index (χ3v) is 2.95. The van der Waals surface area contributed by atoms with Gasteiger partial charge in [0.2, 0.25) is 0 Å². The molecular weight excluding hydrogens is 272 g/mol. The van der Waals surface area contributed by atoms with Crippen LogP contribution >= 0.6 is 11.6 Å². The van der Waals surface area contributed by atoms with E-state index in [0.717, 1.165) is 17.2 Å². The van der Waals surface area contributed by atoms with Gasteiger partial charge in [-0.2, -0.15) is 13.2 Å². The van der Waals surface area contributed by atoms with E-state index in [1.54, 1.807) is 0 Å².